The van der Waals surface area contributed by atoms with Gasteiger partial charge in [0.05, 0.1) is 13.0 Å². The van der Waals surface area contributed by atoms with E-state index in [9.17, 15) is 0 Å². The summed E-state index contributed by atoms with van der Waals surface area (Å²) in [7, 11) is 0. The van der Waals surface area contributed by atoms with Crippen molar-refractivity contribution in [2.45, 2.75) is 19.8 Å². The van der Waals surface area contributed by atoms with Crippen LogP contribution in [0.3, 0.4) is 0 Å². The highest BCUT2D eigenvalue weighted by molar-refractivity contribution is 5.87. The average Bonchev–Trinajstić information content (AvgIpc) is 2.98. The first kappa shape index (κ1) is 13.1. The lowest BCUT2D eigenvalue weighted by molar-refractivity contribution is -0.529. The third-order valence-electron chi connectivity index (χ3n) is 3.28. The standard InChI is InChI=1S/C14H16N2O.ClH/c1-2-12-11(9-14-15-7-8-16-14)10-5-3-4-6-13(10)17-12;/h3-6H,2,7-9H2,1H3,(H,15,16);1H. The summed E-state index contributed by atoms with van der Waals surface area (Å²) >= 11 is 0. The Bertz CT molecular complexity index is 574. The molecule has 2 aromatic rings. The molecule has 2 N–H and O–H groups in total. The van der Waals surface area contributed by atoms with Gasteiger partial charge in [0.15, 0.2) is 5.84 Å². The van der Waals surface area contributed by atoms with Crippen molar-refractivity contribution in [3.8, 4) is 0 Å². The third kappa shape index (κ3) is 2.28. The summed E-state index contributed by atoms with van der Waals surface area (Å²) in [5.74, 6) is 2.32. The quantitative estimate of drug-likeness (QED) is 0.722. The number of quaternary nitrogens is 1. The molecule has 1 aromatic carbocycles. The fourth-order valence-electron chi connectivity index (χ4n) is 2.44. The van der Waals surface area contributed by atoms with Crippen LogP contribution in [0.25, 0.3) is 11.0 Å². The molecule has 1 aromatic heterocycles. The number of para-hydroxylation sites is 1. The van der Waals surface area contributed by atoms with E-state index in [0.717, 1.165) is 37.3 Å². The summed E-state index contributed by atoms with van der Waals surface area (Å²) < 4.78 is 5.89. The Morgan fingerprint density at radius 2 is 2.17 bits per heavy atom. The zero-order valence-corrected chi connectivity index (χ0v) is 11.2. The van der Waals surface area contributed by atoms with Gasteiger partial charge in [-0.2, -0.15) is 0 Å². The van der Waals surface area contributed by atoms with Crippen LogP contribution < -0.4 is 17.7 Å². The van der Waals surface area contributed by atoms with E-state index in [-0.39, 0.29) is 12.4 Å². The van der Waals surface area contributed by atoms with Crippen molar-refractivity contribution in [1.29, 1.82) is 0 Å². The van der Waals surface area contributed by atoms with Gasteiger partial charge in [0.2, 0.25) is 0 Å². The molecule has 1 aliphatic rings. The molecule has 0 unspecified atom stereocenters. The number of fused-ring (bicyclic) bond motifs is 1. The predicted octanol–water partition coefficient (Wildman–Crippen LogP) is -1.48. The molecule has 0 radical (unpaired) electrons. The predicted molar refractivity (Wildman–Crippen MR) is 68.4 cm³/mol. The lowest BCUT2D eigenvalue weighted by Gasteiger charge is -1.99. The van der Waals surface area contributed by atoms with Crippen molar-refractivity contribution < 1.29 is 22.1 Å². The van der Waals surface area contributed by atoms with Gasteiger partial charge in [-0.1, -0.05) is 25.1 Å². The molecule has 0 saturated heterocycles. The fraction of sp³-hybridized carbons (Fsp3) is 0.357. The van der Waals surface area contributed by atoms with Crippen LogP contribution in [-0.4, -0.2) is 18.9 Å². The lowest BCUT2D eigenvalue weighted by atomic mass is 10.1. The van der Waals surface area contributed by atoms with E-state index in [1.54, 1.807) is 0 Å². The maximum Gasteiger partial charge on any atom is 0.199 e. The number of nitrogens with zero attached hydrogens (tertiary/aromatic N) is 1. The summed E-state index contributed by atoms with van der Waals surface area (Å²) in [4.78, 5) is 4.51. The molecule has 18 heavy (non-hydrogen) atoms. The highest BCUT2D eigenvalue weighted by atomic mass is 35.5. The number of halogens is 1. The van der Waals surface area contributed by atoms with Crippen LogP contribution in [-0.2, 0) is 12.8 Å². The smallest absolute Gasteiger partial charge is 0.199 e. The molecule has 96 valence electrons. The van der Waals surface area contributed by atoms with Gasteiger partial charge >= 0.3 is 0 Å². The number of hydrogen-bond donors (Lipinski definition) is 1. The molecule has 0 saturated carbocycles. The van der Waals surface area contributed by atoms with Crippen LogP contribution in [0.1, 0.15) is 18.2 Å². The molecule has 3 nitrogen and oxygen atoms in total. The lowest BCUT2D eigenvalue weighted by Crippen LogP contribution is -3.00. The molecule has 0 bridgehead atoms. The molecular formula is C14H17ClN2O. The van der Waals surface area contributed by atoms with E-state index in [0.29, 0.717) is 0 Å². The van der Waals surface area contributed by atoms with Crippen LogP contribution in [0, 0.1) is 0 Å². The summed E-state index contributed by atoms with van der Waals surface area (Å²) in [6.07, 6.45) is 1.86. The van der Waals surface area contributed by atoms with E-state index in [1.165, 1.54) is 16.8 Å². The van der Waals surface area contributed by atoms with Gasteiger partial charge in [0.1, 0.15) is 17.9 Å². The van der Waals surface area contributed by atoms with Gasteiger partial charge in [-0.3, -0.25) is 5.32 Å². The minimum Gasteiger partial charge on any atom is -1.00 e. The summed E-state index contributed by atoms with van der Waals surface area (Å²) in [5.41, 5.74) is 2.32. The molecule has 2 heterocycles. The number of furan rings is 1. The highest BCUT2D eigenvalue weighted by Crippen LogP contribution is 2.26. The zero-order chi connectivity index (χ0) is 11.7. The van der Waals surface area contributed by atoms with Gasteiger partial charge in [-0.25, -0.2) is 4.99 Å². The van der Waals surface area contributed by atoms with Gasteiger partial charge in [0.25, 0.3) is 0 Å². The summed E-state index contributed by atoms with van der Waals surface area (Å²) in [5, 5.41) is 3.48. The van der Waals surface area contributed by atoms with E-state index < -0.39 is 0 Å². The molecule has 4 heteroatoms. The van der Waals surface area contributed by atoms with Crippen LogP contribution in [0.15, 0.2) is 33.7 Å². The number of benzene rings is 1. The topological polar surface area (TPSA) is 42.1 Å². The second kappa shape index (κ2) is 5.55. The van der Waals surface area contributed by atoms with Crippen molar-refractivity contribution in [3.63, 3.8) is 0 Å². The molecule has 3 rings (SSSR count). The van der Waals surface area contributed by atoms with Crippen molar-refractivity contribution in [2.75, 3.05) is 13.1 Å². The van der Waals surface area contributed by atoms with Gasteiger partial charge in [-0.15, -0.1) is 0 Å². The molecule has 0 aliphatic carbocycles. The molecule has 0 amide bonds. The Labute approximate surface area is 113 Å². The number of hydrogen-bond acceptors (Lipinski definition) is 2. The number of aryl methyl sites for hydroxylation is 1. The Kier molecular flexibility index (Phi) is 4.04. The van der Waals surface area contributed by atoms with E-state index >= 15 is 0 Å². The van der Waals surface area contributed by atoms with Gasteiger partial charge < -0.3 is 16.8 Å². The van der Waals surface area contributed by atoms with E-state index in [4.69, 9.17) is 4.42 Å². The molecular weight excluding hydrogens is 248 g/mol. The van der Waals surface area contributed by atoms with E-state index in [1.807, 2.05) is 12.1 Å². The second-order valence-electron chi connectivity index (χ2n) is 4.40. The van der Waals surface area contributed by atoms with Crippen molar-refractivity contribution in [1.82, 2.24) is 0 Å². The molecule has 1 aliphatic heterocycles. The Balaban J connectivity index is 0.00000120. The molecule has 0 atom stereocenters. The monoisotopic (exact) mass is 264 g/mol. The fourth-order valence-corrected chi connectivity index (χ4v) is 2.44. The van der Waals surface area contributed by atoms with Crippen LogP contribution >= 0.6 is 0 Å². The maximum absolute atomic E-state index is 5.89. The largest absolute Gasteiger partial charge is 1.00 e. The highest BCUT2D eigenvalue weighted by Gasteiger charge is 2.18. The second-order valence-corrected chi connectivity index (χ2v) is 4.40. The first-order valence-electron chi connectivity index (χ1n) is 6.24. The van der Waals surface area contributed by atoms with E-state index in [2.05, 4.69) is 29.4 Å². The first-order valence-corrected chi connectivity index (χ1v) is 6.24. The average molecular weight is 265 g/mol. The maximum atomic E-state index is 5.89. The third-order valence-corrected chi connectivity index (χ3v) is 3.28. The number of amidine groups is 1. The number of aliphatic imine (C=N–C) groups is 1. The Morgan fingerprint density at radius 1 is 1.33 bits per heavy atom. The van der Waals surface area contributed by atoms with Crippen LogP contribution in [0.2, 0.25) is 0 Å². The number of nitrogens with two attached hydrogens (primary N) is 1. The SMILES string of the molecule is CCc1oc2ccccc2c1CC1=NCC[NH2+]1.[Cl-]. The van der Waals surface area contributed by atoms with Gasteiger partial charge in [0, 0.05) is 17.4 Å². The summed E-state index contributed by atoms with van der Waals surface area (Å²) in [6.45, 7) is 4.18. The molecule has 0 fully saturated rings. The number of rotatable bonds is 3. The minimum atomic E-state index is 0. The summed E-state index contributed by atoms with van der Waals surface area (Å²) in [6, 6.07) is 8.27. The van der Waals surface area contributed by atoms with Crippen LogP contribution in [0.4, 0.5) is 0 Å². The zero-order valence-electron chi connectivity index (χ0n) is 10.4. The molecule has 0 spiro atoms. The van der Waals surface area contributed by atoms with Crippen molar-refractivity contribution >= 4 is 16.8 Å². The van der Waals surface area contributed by atoms with Crippen molar-refractivity contribution in [2.24, 2.45) is 4.99 Å². The first-order chi connectivity index (χ1) is 8.38. The van der Waals surface area contributed by atoms with Gasteiger partial charge in [-0.05, 0) is 6.07 Å². The van der Waals surface area contributed by atoms with Crippen molar-refractivity contribution in [3.05, 3.63) is 35.6 Å². The van der Waals surface area contributed by atoms with Crippen LogP contribution in [0.5, 0.6) is 0 Å². The minimum absolute atomic E-state index is 0. The Morgan fingerprint density at radius 3 is 2.89 bits per heavy atom. The normalized spacial score (nSPS) is 14.6. The Hall–Kier alpha value is -1.32.